The summed E-state index contributed by atoms with van der Waals surface area (Å²) in [5, 5.41) is 0. The van der Waals surface area contributed by atoms with Crippen LogP contribution in [0.25, 0.3) is 0 Å². The lowest BCUT2D eigenvalue weighted by Gasteiger charge is -2.17. The lowest BCUT2D eigenvalue weighted by atomic mass is 9.86. The summed E-state index contributed by atoms with van der Waals surface area (Å²) in [6.07, 6.45) is 0.712. The van der Waals surface area contributed by atoms with Crippen molar-refractivity contribution in [2.75, 3.05) is 0 Å². The summed E-state index contributed by atoms with van der Waals surface area (Å²) >= 11 is 0. The summed E-state index contributed by atoms with van der Waals surface area (Å²) in [6, 6.07) is 0. The van der Waals surface area contributed by atoms with E-state index >= 15 is 0 Å². The molecule has 0 aliphatic heterocycles. The molecule has 0 rings (SSSR count). The Bertz CT molecular complexity index is 117. The van der Waals surface area contributed by atoms with E-state index in [2.05, 4.69) is 13.8 Å². The van der Waals surface area contributed by atoms with E-state index in [0.29, 0.717) is 18.1 Å². The van der Waals surface area contributed by atoms with Crippen molar-refractivity contribution in [3.8, 4) is 0 Å². The van der Waals surface area contributed by atoms with E-state index in [0.717, 1.165) is 0 Å². The number of carbonyl (C=O) groups is 1. The minimum atomic E-state index is -0.149. The molecule has 0 aromatic heterocycles. The molecule has 0 N–H and O–H groups in total. The van der Waals surface area contributed by atoms with Crippen LogP contribution in [0.1, 0.15) is 41.0 Å². The van der Waals surface area contributed by atoms with Gasteiger partial charge in [0.1, 0.15) is 5.78 Å². The molecule has 0 aromatic rings. The van der Waals surface area contributed by atoms with Crippen LogP contribution >= 0.6 is 0 Å². The molecule has 1 nitrogen and oxygen atoms in total. The highest BCUT2D eigenvalue weighted by atomic mass is 16.1. The molecule has 0 aliphatic rings. The zero-order valence-electron chi connectivity index (χ0n) is 7.69. The van der Waals surface area contributed by atoms with Gasteiger partial charge in [-0.1, -0.05) is 34.6 Å². The molecule has 1 heteroatoms. The fourth-order valence-corrected chi connectivity index (χ4v) is 0.677. The average Bonchev–Trinajstić information content (AvgIpc) is 1.60. The Hall–Kier alpha value is -0.330. The van der Waals surface area contributed by atoms with Crippen LogP contribution in [0, 0.1) is 11.3 Å². The SMILES string of the molecule is CC(C)CC(=O)C(C)(C)C. The number of Topliss-reactive ketones (excluding diaryl/α,β-unsaturated/α-hetero) is 1. The maximum atomic E-state index is 11.3. The van der Waals surface area contributed by atoms with Gasteiger partial charge in [-0.25, -0.2) is 0 Å². The zero-order valence-corrected chi connectivity index (χ0v) is 7.69. The molecule has 0 bridgehead atoms. The molecule has 10 heavy (non-hydrogen) atoms. The molecular formula is C9H18O. The van der Waals surface area contributed by atoms with Gasteiger partial charge in [-0.2, -0.15) is 0 Å². The van der Waals surface area contributed by atoms with Crippen LogP contribution in [0.2, 0.25) is 0 Å². The molecule has 60 valence electrons. The van der Waals surface area contributed by atoms with Crippen molar-refractivity contribution in [2.45, 2.75) is 41.0 Å². The Morgan fingerprint density at radius 2 is 1.70 bits per heavy atom. The summed E-state index contributed by atoms with van der Waals surface area (Å²) in [7, 11) is 0. The Labute approximate surface area is 63.8 Å². The maximum absolute atomic E-state index is 11.3. The minimum absolute atomic E-state index is 0.149. The summed E-state index contributed by atoms with van der Waals surface area (Å²) in [6.45, 7) is 10.1. The minimum Gasteiger partial charge on any atom is -0.299 e. The van der Waals surface area contributed by atoms with Crippen molar-refractivity contribution in [3.63, 3.8) is 0 Å². The monoisotopic (exact) mass is 142 g/mol. The van der Waals surface area contributed by atoms with E-state index in [1.54, 1.807) is 0 Å². The predicted molar refractivity (Wildman–Crippen MR) is 43.9 cm³/mol. The second kappa shape index (κ2) is 3.18. The summed E-state index contributed by atoms with van der Waals surface area (Å²) in [5.41, 5.74) is -0.149. The quantitative estimate of drug-likeness (QED) is 0.579. The molecule has 0 heterocycles. The van der Waals surface area contributed by atoms with E-state index in [-0.39, 0.29) is 5.41 Å². The van der Waals surface area contributed by atoms with Crippen molar-refractivity contribution >= 4 is 5.78 Å². The van der Waals surface area contributed by atoms with Gasteiger partial charge in [0.15, 0.2) is 0 Å². The van der Waals surface area contributed by atoms with Gasteiger partial charge in [0.2, 0.25) is 0 Å². The smallest absolute Gasteiger partial charge is 0.138 e. The van der Waals surface area contributed by atoms with Gasteiger partial charge in [0.05, 0.1) is 0 Å². The number of hydrogen-bond donors (Lipinski definition) is 0. The lowest BCUT2D eigenvalue weighted by molar-refractivity contribution is -0.127. The second-order valence-corrected chi connectivity index (χ2v) is 4.27. The van der Waals surface area contributed by atoms with Crippen LogP contribution in [-0.2, 0) is 4.79 Å². The first-order valence-corrected chi connectivity index (χ1v) is 3.87. The third-order valence-corrected chi connectivity index (χ3v) is 1.43. The van der Waals surface area contributed by atoms with Gasteiger partial charge in [-0.3, -0.25) is 4.79 Å². The molecular weight excluding hydrogens is 124 g/mol. The molecule has 0 spiro atoms. The van der Waals surface area contributed by atoms with E-state index in [1.165, 1.54) is 0 Å². The highest BCUT2D eigenvalue weighted by Crippen LogP contribution is 2.19. The van der Waals surface area contributed by atoms with E-state index < -0.39 is 0 Å². The Morgan fingerprint density at radius 1 is 1.30 bits per heavy atom. The molecule has 0 amide bonds. The maximum Gasteiger partial charge on any atom is 0.138 e. The van der Waals surface area contributed by atoms with Gasteiger partial charge in [-0.15, -0.1) is 0 Å². The molecule has 0 radical (unpaired) electrons. The Morgan fingerprint density at radius 3 is 1.80 bits per heavy atom. The summed E-state index contributed by atoms with van der Waals surface area (Å²) in [5.74, 6) is 0.856. The van der Waals surface area contributed by atoms with Crippen LogP contribution in [0.4, 0.5) is 0 Å². The first-order chi connectivity index (χ1) is 4.34. The molecule has 0 aromatic carbocycles. The molecule has 0 saturated heterocycles. The Balaban J connectivity index is 3.87. The van der Waals surface area contributed by atoms with Crippen LogP contribution in [0.3, 0.4) is 0 Å². The van der Waals surface area contributed by atoms with Crippen molar-refractivity contribution in [1.29, 1.82) is 0 Å². The average molecular weight is 142 g/mol. The highest BCUT2D eigenvalue weighted by molar-refractivity contribution is 5.83. The third-order valence-electron chi connectivity index (χ3n) is 1.43. The fourth-order valence-electron chi connectivity index (χ4n) is 0.677. The lowest BCUT2D eigenvalue weighted by Crippen LogP contribution is -2.21. The van der Waals surface area contributed by atoms with Gasteiger partial charge in [0.25, 0.3) is 0 Å². The fraction of sp³-hybridized carbons (Fsp3) is 0.889. The van der Waals surface area contributed by atoms with Crippen LogP contribution in [0.5, 0.6) is 0 Å². The Kier molecular flexibility index (Phi) is 3.07. The number of rotatable bonds is 2. The molecule has 0 fully saturated rings. The van der Waals surface area contributed by atoms with Crippen molar-refractivity contribution in [2.24, 2.45) is 11.3 Å². The summed E-state index contributed by atoms with van der Waals surface area (Å²) in [4.78, 5) is 11.3. The first kappa shape index (κ1) is 9.67. The second-order valence-electron chi connectivity index (χ2n) is 4.27. The standard InChI is InChI=1S/C9H18O/c1-7(2)6-8(10)9(3,4)5/h7H,6H2,1-5H3. The topological polar surface area (TPSA) is 17.1 Å². The van der Waals surface area contributed by atoms with E-state index in [1.807, 2.05) is 20.8 Å². The number of carbonyl (C=O) groups excluding carboxylic acids is 1. The van der Waals surface area contributed by atoms with Gasteiger partial charge >= 0.3 is 0 Å². The largest absolute Gasteiger partial charge is 0.299 e. The number of hydrogen-bond acceptors (Lipinski definition) is 1. The molecule has 0 unspecified atom stereocenters. The van der Waals surface area contributed by atoms with Gasteiger partial charge < -0.3 is 0 Å². The summed E-state index contributed by atoms with van der Waals surface area (Å²) < 4.78 is 0. The molecule has 0 aliphatic carbocycles. The van der Waals surface area contributed by atoms with Crippen molar-refractivity contribution < 1.29 is 4.79 Å². The van der Waals surface area contributed by atoms with Crippen molar-refractivity contribution in [1.82, 2.24) is 0 Å². The normalized spacial score (nSPS) is 12.2. The van der Waals surface area contributed by atoms with Crippen molar-refractivity contribution in [3.05, 3.63) is 0 Å². The van der Waals surface area contributed by atoms with Gasteiger partial charge in [0, 0.05) is 11.8 Å². The van der Waals surface area contributed by atoms with E-state index in [4.69, 9.17) is 0 Å². The van der Waals surface area contributed by atoms with Crippen LogP contribution in [-0.4, -0.2) is 5.78 Å². The van der Waals surface area contributed by atoms with E-state index in [9.17, 15) is 4.79 Å². The molecule has 0 saturated carbocycles. The zero-order chi connectivity index (χ0) is 8.36. The number of ketones is 1. The van der Waals surface area contributed by atoms with Crippen LogP contribution < -0.4 is 0 Å². The van der Waals surface area contributed by atoms with Crippen LogP contribution in [0.15, 0.2) is 0 Å². The predicted octanol–water partition coefficient (Wildman–Crippen LogP) is 2.65. The first-order valence-electron chi connectivity index (χ1n) is 3.87. The highest BCUT2D eigenvalue weighted by Gasteiger charge is 2.21. The molecule has 0 atom stereocenters. The third kappa shape index (κ3) is 3.65. The van der Waals surface area contributed by atoms with Gasteiger partial charge in [-0.05, 0) is 5.92 Å².